The van der Waals surface area contributed by atoms with Crippen LogP contribution in [0.3, 0.4) is 0 Å². The molecule has 2 aromatic rings. The Labute approximate surface area is 106 Å². The molecule has 18 heavy (non-hydrogen) atoms. The lowest BCUT2D eigenvalue weighted by Gasteiger charge is -2.12. The Morgan fingerprint density at radius 1 is 1.33 bits per heavy atom. The van der Waals surface area contributed by atoms with Gasteiger partial charge in [0.05, 0.1) is 0 Å². The van der Waals surface area contributed by atoms with Gasteiger partial charge in [-0.1, -0.05) is 37.2 Å². The lowest BCUT2D eigenvalue weighted by molar-refractivity contribution is 0.101. The van der Waals surface area contributed by atoms with Crippen LogP contribution < -0.4 is 5.32 Å². The standard InChI is InChI=1S/C14H16N2O2/c1-9(2)11-6-4-5-7-12(11)15-14(17)13-10(3)8-18-16-13/h4-9H,1-3H3,(H,15,17). The molecule has 1 aromatic carbocycles. The zero-order valence-electron chi connectivity index (χ0n) is 10.7. The number of nitrogens with zero attached hydrogens (tertiary/aromatic N) is 1. The molecule has 4 nitrogen and oxygen atoms in total. The number of para-hydroxylation sites is 1. The topological polar surface area (TPSA) is 55.1 Å². The molecule has 0 atom stereocenters. The summed E-state index contributed by atoms with van der Waals surface area (Å²) in [7, 11) is 0. The van der Waals surface area contributed by atoms with Crippen LogP contribution in [0.15, 0.2) is 35.1 Å². The zero-order chi connectivity index (χ0) is 13.1. The number of amides is 1. The molecule has 0 aliphatic carbocycles. The van der Waals surface area contributed by atoms with Crippen molar-refractivity contribution >= 4 is 11.6 Å². The number of anilines is 1. The molecule has 94 valence electrons. The number of aromatic nitrogens is 1. The van der Waals surface area contributed by atoms with E-state index in [2.05, 4.69) is 24.3 Å². The monoisotopic (exact) mass is 244 g/mol. The predicted molar refractivity (Wildman–Crippen MR) is 69.7 cm³/mol. The van der Waals surface area contributed by atoms with Crippen molar-refractivity contribution in [1.82, 2.24) is 5.16 Å². The van der Waals surface area contributed by atoms with E-state index in [1.807, 2.05) is 24.3 Å². The van der Waals surface area contributed by atoms with Gasteiger partial charge in [0, 0.05) is 11.3 Å². The molecule has 0 bridgehead atoms. The van der Waals surface area contributed by atoms with E-state index >= 15 is 0 Å². The maximum absolute atomic E-state index is 12.0. The van der Waals surface area contributed by atoms with Gasteiger partial charge in [0.15, 0.2) is 5.69 Å². The van der Waals surface area contributed by atoms with Gasteiger partial charge >= 0.3 is 0 Å². The summed E-state index contributed by atoms with van der Waals surface area (Å²) in [5.41, 5.74) is 2.98. The van der Waals surface area contributed by atoms with Crippen LogP contribution in [0.1, 0.15) is 41.4 Å². The summed E-state index contributed by atoms with van der Waals surface area (Å²) >= 11 is 0. The number of rotatable bonds is 3. The van der Waals surface area contributed by atoms with Gasteiger partial charge in [-0.3, -0.25) is 4.79 Å². The normalized spacial score (nSPS) is 10.7. The molecule has 0 radical (unpaired) electrons. The number of carbonyl (C=O) groups excluding carboxylic acids is 1. The van der Waals surface area contributed by atoms with Crippen molar-refractivity contribution in [2.24, 2.45) is 0 Å². The van der Waals surface area contributed by atoms with Gasteiger partial charge in [0.25, 0.3) is 5.91 Å². The predicted octanol–water partition coefficient (Wildman–Crippen LogP) is 3.36. The summed E-state index contributed by atoms with van der Waals surface area (Å²) in [6.45, 7) is 5.97. The van der Waals surface area contributed by atoms with Gasteiger partial charge in [-0.15, -0.1) is 0 Å². The van der Waals surface area contributed by atoms with E-state index < -0.39 is 0 Å². The van der Waals surface area contributed by atoms with Crippen molar-refractivity contribution in [1.29, 1.82) is 0 Å². The number of nitrogens with one attached hydrogen (secondary N) is 1. The van der Waals surface area contributed by atoms with Gasteiger partial charge in [-0.05, 0) is 24.5 Å². The van der Waals surface area contributed by atoms with Crippen molar-refractivity contribution in [3.05, 3.63) is 47.3 Å². The molecule has 1 heterocycles. The highest BCUT2D eigenvalue weighted by Gasteiger charge is 2.15. The third kappa shape index (κ3) is 2.42. The summed E-state index contributed by atoms with van der Waals surface area (Å²) < 4.78 is 4.77. The number of carbonyl (C=O) groups is 1. The van der Waals surface area contributed by atoms with Crippen molar-refractivity contribution in [2.75, 3.05) is 5.32 Å². The number of hydrogen-bond acceptors (Lipinski definition) is 3. The molecule has 4 heteroatoms. The Kier molecular flexibility index (Phi) is 3.46. The van der Waals surface area contributed by atoms with Gasteiger partial charge in [-0.2, -0.15) is 0 Å². The Balaban J connectivity index is 2.25. The first-order valence-corrected chi connectivity index (χ1v) is 5.91. The number of aryl methyl sites for hydroxylation is 1. The van der Waals surface area contributed by atoms with Crippen LogP contribution >= 0.6 is 0 Å². The van der Waals surface area contributed by atoms with Gasteiger partial charge in [0.2, 0.25) is 0 Å². The van der Waals surface area contributed by atoms with Crippen LogP contribution in [0.5, 0.6) is 0 Å². The molecule has 0 fully saturated rings. The molecule has 0 aliphatic rings. The van der Waals surface area contributed by atoms with Crippen LogP contribution in [0.25, 0.3) is 0 Å². The van der Waals surface area contributed by atoms with Crippen molar-refractivity contribution in [2.45, 2.75) is 26.7 Å². The van der Waals surface area contributed by atoms with Crippen molar-refractivity contribution in [3.63, 3.8) is 0 Å². The van der Waals surface area contributed by atoms with E-state index in [0.717, 1.165) is 16.8 Å². The highest BCUT2D eigenvalue weighted by Crippen LogP contribution is 2.24. The van der Waals surface area contributed by atoms with Crippen molar-refractivity contribution in [3.8, 4) is 0 Å². The fraction of sp³-hybridized carbons (Fsp3) is 0.286. The average molecular weight is 244 g/mol. The van der Waals surface area contributed by atoms with E-state index in [4.69, 9.17) is 4.52 Å². The van der Waals surface area contributed by atoms with Crippen LogP contribution in [0.4, 0.5) is 5.69 Å². The molecule has 1 amide bonds. The zero-order valence-corrected chi connectivity index (χ0v) is 10.7. The summed E-state index contributed by atoms with van der Waals surface area (Å²) in [6.07, 6.45) is 1.46. The summed E-state index contributed by atoms with van der Waals surface area (Å²) in [5.74, 6) is 0.106. The minimum Gasteiger partial charge on any atom is -0.364 e. The Hall–Kier alpha value is -2.10. The van der Waals surface area contributed by atoms with Crippen LogP contribution in [0.2, 0.25) is 0 Å². The maximum atomic E-state index is 12.0. The molecule has 0 unspecified atom stereocenters. The number of hydrogen-bond donors (Lipinski definition) is 1. The molecular formula is C14H16N2O2. The van der Waals surface area contributed by atoms with E-state index in [1.54, 1.807) is 6.92 Å². The second-order valence-electron chi connectivity index (χ2n) is 4.54. The number of benzene rings is 1. The third-order valence-corrected chi connectivity index (χ3v) is 2.79. The Morgan fingerprint density at radius 3 is 2.67 bits per heavy atom. The molecule has 0 spiro atoms. The van der Waals surface area contributed by atoms with E-state index in [1.165, 1.54) is 6.26 Å². The summed E-state index contributed by atoms with van der Waals surface area (Å²) in [4.78, 5) is 12.0. The first-order valence-electron chi connectivity index (χ1n) is 5.91. The van der Waals surface area contributed by atoms with Crippen LogP contribution in [0, 0.1) is 6.92 Å². The molecule has 0 saturated heterocycles. The largest absolute Gasteiger partial charge is 0.364 e. The molecule has 0 saturated carbocycles. The van der Waals surface area contributed by atoms with Crippen molar-refractivity contribution < 1.29 is 9.32 Å². The van der Waals surface area contributed by atoms with Crippen LogP contribution in [-0.2, 0) is 0 Å². The molecule has 0 aliphatic heterocycles. The van der Waals surface area contributed by atoms with E-state index in [9.17, 15) is 4.79 Å². The van der Waals surface area contributed by atoms with E-state index in [-0.39, 0.29) is 5.91 Å². The second-order valence-corrected chi connectivity index (χ2v) is 4.54. The van der Waals surface area contributed by atoms with Gasteiger partial charge < -0.3 is 9.84 Å². The lowest BCUT2D eigenvalue weighted by Crippen LogP contribution is -2.15. The van der Waals surface area contributed by atoms with Gasteiger partial charge in [0.1, 0.15) is 6.26 Å². The highest BCUT2D eigenvalue weighted by atomic mass is 16.5. The maximum Gasteiger partial charge on any atom is 0.278 e. The minimum atomic E-state index is -0.241. The molecular weight excluding hydrogens is 228 g/mol. The van der Waals surface area contributed by atoms with Crippen LogP contribution in [-0.4, -0.2) is 11.1 Å². The Bertz CT molecular complexity index is 558. The quantitative estimate of drug-likeness (QED) is 0.900. The first kappa shape index (κ1) is 12.4. The van der Waals surface area contributed by atoms with Gasteiger partial charge in [-0.25, -0.2) is 0 Å². The summed E-state index contributed by atoms with van der Waals surface area (Å²) in [5, 5.41) is 6.57. The first-order chi connectivity index (χ1) is 8.59. The third-order valence-electron chi connectivity index (χ3n) is 2.79. The lowest BCUT2D eigenvalue weighted by atomic mass is 10.0. The molecule has 2 rings (SSSR count). The molecule has 1 aromatic heterocycles. The average Bonchev–Trinajstić information content (AvgIpc) is 2.76. The summed E-state index contributed by atoms with van der Waals surface area (Å²) in [6, 6.07) is 7.77. The SMILES string of the molecule is Cc1conc1C(=O)Nc1ccccc1C(C)C. The highest BCUT2D eigenvalue weighted by molar-refractivity contribution is 6.04. The smallest absolute Gasteiger partial charge is 0.278 e. The second kappa shape index (κ2) is 5.04. The minimum absolute atomic E-state index is 0.241. The fourth-order valence-electron chi connectivity index (χ4n) is 1.80. The Morgan fingerprint density at radius 2 is 2.06 bits per heavy atom. The van der Waals surface area contributed by atoms with E-state index in [0.29, 0.717) is 11.6 Å². The molecule has 1 N–H and O–H groups in total. The fourth-order valence-corrected chi connectivity index (χ4v) is 1.80.